The SMILES string of the molecule is CC[C@@H](C)NC(=O)CN(C)C(=O)c1cc2n(n1)CCCN(Cc1ccc(F)cc1)C2=O. The van der Waals surface area contributed by atoms with Crippen molar-refractivity contribution < 1.29 is 18.8 Å². The molecule has 3 rings (SSSR count). The number of benzene rings is 1. The summed E-state index contributed by atoms with van der Waals surface area (Å²) in [6, 6.07) is 7.55. The molecular formula is C22H28FN5O3. The van der Waals surface area contributed by atoms with Crippen molar-refractivity contribution in [1.82, 2.24) is 24.9 Å². The molecule has 166 valence electrons. The van der Waals surface area contributed by atoms with Crippen molar-refractivity contribution in [3.8, 4) is 0 Å². The monoisotopic (exact) mass is 429 g/mol. The normalized spacial score (nSPS) is 14.6. The van der Waals surface area contributed by atoms with E-state index in [0.717, 1.165) is 12.0 Å². The van der Waals surface area contributed by atoms with E-state index in [4.69, 9.17) is 0 Å². The molecule has 1 aliphatic rings. The molecule has 0 bridgehead atoms. The van der Waals surface area contributed by atoms with Crippen LogP contribution < -0.4 is 5.32 Å². The molecular weight excluding hydrogens is 401 g/mol. The van der Waals surface area contributed by atoms with Gasteiger partial charge in [-0.1, -0.05) is 19.1 Å². The van der Waals surface area contributed by atoms with Gasteiger partial charge in [0.25, 0.3) is 11.8 Å². The van der Waals surface area contributed by atoms with Crippen LogP contribution in [0.2, 0.25) is 0 Å². The van der Waals surface area contributed by atoms with Crippen LogP contribution in [0, 0.1) is 5.82 Å². The van der Waals surface area contributed by atoms with E-state index in [-0.39, 0.29) is 35.9 Å². The Balaban J connectivity index is 1.70. The second-order valence-corrected chi connectivity index (χ2v) is 7.88. The van der Waals surface area contributed by atoms with Crippen LogP contribution in [0.15, 0.2) is 30.3 Å². The number of aromatic nitrogens is 2. The Kier molecular flexibility index (Phi) is 7.04. The van der Waals surface area contributed by atoms with Gasteiger partial charge in [-0.2, -0.15) is 5.10 Å². The Morgan fingerprint density at radius 1 is 1.26 bits per heavy atom. The van der Waals surface area contributed by atoms with Crippen LogP contribution in [0.5, 0.6) is 0 Å². The number of hydrogen-bond donors (Lipinski definition) is 1. The van der Waals surface area contributed by atoms with Gasteiger partial charge in [-0.25, -0.2) is 4.39 Å². The first kappa shape index (κ1) is 22.5. The second kappa shape index (κ2) is 9.72. The highest BCUT2D eigenvalue weighted by Crippen LogP contribution is 2.17. The molecule has 0 saturated carbocycles. The number of hydrogen-bond acceptors (Lipinski definition) is 4. The molecule has 8 nitrogen and oxygen atoms in total. The molecule has 0 saturated heterocycles. The van der Waals surface area contributed by atoms with Crippen molar-refractivity contribution in [2.24, 2.45) is 0 Å². The highest BCUT2D eigenvalue weighted by atomic mass is 19.1. The summed E-state index contributed by atoms with van der Waals surface area (Å²) in [5.74, 6) is -1.22. The Morgan fingerprint density at radius 3 is 2.65 bits per heavy atom. The zero-order chi connectivity index (χ0) is 22.5. The predicted molar refractivity (Wildman–Crippen MR) is 113 cm³/mol. The molecule has 1 aliphatic heterocycles. The number of nitrogens with zero attached hydrogens (tertiary/aromatic N) is 4. The topological polar surface area (TPSA) is 87.5 Å². The van der Waals surface area contributed by atoms with Gasteiger partial charge < -0.3 is 15.1 Å². The van der Waals surface area contributed by atoms with Crippen LogP contribution in [0.1, 0.15) is 53.2 Å². The minimum absolute atomic E-state index is 0.0318. The first-order valence-electron chi connectivity index (χ1n) is 10.4. The highest BCUT2D eigenvalue weighted by Gasteiger charge is 2.27. The summed E-state index contributed by atoms with van der Waals surface area (Å²) < 4.78 is 14.7. The molecule has 1 aromatic heterocycles. The molecule has 2 aromatic rings. The Hall–Kier alpha value is -3.23. The van der Waals surface area contributed by atoms with Gasteiger partial charge in [0.2, 0.25) is 5.91 Å². The van der Waals surface area contributed by atoms with Crippen molar-refractivity contribution >= 4 is 17.7 Å². The van der Waals surface area contributed by atoms with Gasteiger partial charge in [0.05, 0.1) is 6.54 Å². The van der Waals surface area contributed by atoms with E-state index in [0.29, 0.717) is 31.7 Å². The minimum atomic E-state index is -0.419. The first-order valence-corrected chi connectivity index (χ1v) is 10.4. The van der Waals surface area contributed by atoms with Gasteiger partial charge in [0.15, 0.2) is 5.69 Å². The molecule has 0 unspecified atom stereocenters. The third-order valence-electron chi connectivity index (χ3n) is 5.34. The number of carbonyl (C=O) groups is 3. The molecule has 0 spiro atoms. The van der Waals surface area contributed by atoms with Gasteiger partial charge in [-0.05, 0) is 37.5 Å². The largest absolute Gasteiger partial charge is 0.352 e. The lowest BCUT2D eigenvalue weighted by molar-refractivity contribution is -0.122. The van der Waals surface area contributed by atoms with Crippen molar-refractivity contribution in [3.63, 3.8) is 0 Å². The number of fused-ring (bicyclic) bond motifs is 1. The summed E-state index contributed by atoms with van der Waals surface area (Å²) >= 11 is 0. The van der Waals surface area contributed by atoms with Crippen LogP contribution in [-0.4, -0.2) is 63.5 Å². The molecule has 2 heterocycles. The number of halogens is 1. The molecule has 9 heteroatoms. The van der Waals surface area contributed by atoms with Crippen LogP contribution in [0.4, 0.5) is 4.39 Å². The molecule has 1 N–H and O–H groups in total. The van der Waals surface area contributed by atoms with Crippen LogP contribution in [0.25, 0.3) is 0 Å². The Labute approximate surface area is 181 Å². The summed E-state index contributed by atoms with van der Waals surface area (Å²) in [7, 11) is 1.53. The van der Waals surface area contributed by atoms with Crippen LogP contribution in [0.3, 0.4) is 0 Å². The fraction of sp³-hybridized carbons (Fsp3) is 0.455. The van der Waals surface area contributed by atoms with E-state index < -0.39 is 5.91 Å². The van der Waals surface area contributed by atoms with E-state index >= 15 is 0 Å². The van der Waals surface area contributed by atoms with Gasteiger partial charge in [0, 0.05) is 38.8 Å². The van der Waals surface area contributed by atoms with Gasteiger partial charge in [-0.3, -0.25) is 19.1 Å². The maximum absolute atomic E-state index is 13.2. The van der Waals surface area contributed by atoms with Crippen molar-refractivity contribution in [3.05, 3.63) is 53.1 Å². The minimum Gasteiger partial charge on any atom is -0.352 e. The smallest absolute Gasteiger partial charge is 0.274 e. The van der Waals surface area contributed by atoms with E-state index in [1.165, 1.54) is 30.1 Å². The summed E-state index contributed by atoms with van der Waals surface area (Å²) in [5, 5.41) is 7.14. The lowest BCUT2D eigenvalue weighted by Crippen LogP contribution is -2.41. The lowest BCUT2D eigenvalue weighted by Gasteiger charge is -2.20. The summed E-state index contributed by atoms with van der Waals surface area (Å²) in [6.45, 7) is 5.17. The molecule has 3 amide bonds. The predicted octanol–water partition coefficient (Wildman–Crippen LogP) is 2.05. The number of carbonyl (C=O) groups excluding carboxylic acids is 3. The number of likely N-dealkylation sites (N-methyl/N-ethyl adjacent to an activating group) is 1. The second-order valence-electron chi connectivity index (χ2n) is 7.88. The van der Waals surface area contributed by atoms with Gasteiger partial charge >= 0.3 is 0 Å². The average Bonchev–Trinajstić information content (AvgIpc) is 3.11. The zero-order valence-electron chi connectivity index (χ0n) is 18.1. The Bertz CT molecular complexity index is 957. The maximum atomic E-state index is 13.2. The summed E-state index contributed by atoms with van der Waals surface area (Å²) in [4.78, 5) is 40.8. The first-order chi connectivity index (χ1) is 14.8. The van der Waals surface area contributed by atoms with E-state index in [1.54, 1.807) is 21.7 Å². The number of aryl methyl sites for hydroxylation is 1. The lowest BCUT2D eigenvalue weighted by atomic mass is 10.2. The molecule has 31 heavy (non-hydrogen) atoms. The zero-order valence-corrected chi connectivity index (χ0v) is 18.1. The summed E-state index contributed by atoms with van der Waals surface area (Å²) in [5.41, 5.74) is 1.29. The van der Waals surface area contributed by atoms with E-state index in [1.807, 2.05) is 13.8 Å². The molecule has 1 aromatic carbocycles. The third-order valence-corrected chi connectivity index (χ3v) is 5.34. The molecule has 0 radical (unpaired) electrons. The third kappa shape index (κ3) is 5.48. The number of rotatable bonds is 7. The number of nitrogens with one attached hydrogen (secondary N) is 1. The Morgan fingerprint density at radius 2 is 1.97 bits per heavy atom. The maximum Gasteiger partial charge on any atom is 0.274 e. The average molecular weight is 429 g/mol. The van der Waals surface area contributed by atoms with Crippen molar-refractivity contribution in [1.29, 1.82) is 0 Å². The number of amides is 3. The standard InChI is InChI=1S/C22H28FN5O3/c1-4-15(2)24-20(29)14-26(3)21(30)18-12-19-22(31)27(10-5-11-28(19)25-18)13-16-6-8-17(23)9-7-16/h6-9,12,15H,4-5,10-11,13-14H2,1-3H3,(H,24,29)/t15-/m1/s1. The molecule has 0 fully saturated rings. The van der Waals surface area contributed by atoms with Crippen molar-refractivity contribution in [2.75, 3.05) is 20.1 Å². The van der Waals surface area contributed by atoms with Crippen LogP contribution in [-0.2, 0) is 17.9 Å². The van der Waals surface area contributed by atoms with Gasteiger partial charge in [0.1, 0.15) is 11.5 Å². The molecule has 1 atom stereocenters. The highest BCUT2D eigenvalue weighted by molar-refractivity contribution is 5.99. The quantitative estimate of drug-likeness (QED) is 0.730. The van der Waals surface area contributed by atoms with E-state index in [2.05, 4.69) is 10.4 Å². The van der Waals surface area contributed by atoms with Crippen molar-refractivity contribution in [2.45, 2.75) is 45.8 Å². The fourth-order valence-electron chi connectivity index (χ4n) is 3.41. The van der Waals surface area contributed by atoms with Gasteiger partial charge in [-0.15, -0.1) is 0 Å². The van der Waals surface area contributed by atoms with E-state index in [9.17, 15) is 18.8 Å². The summed E-state index contributed by atoms with van der Waals surface area (Å²) in [6.07, 6.45) is 1.48. The fourth-order valence-corrected chi connectivity index (χ4v) is 3.41. The molecule has 0 aliphatic carbocycles. The van der Waals surface area contributed by atoms with Crippen LogP contribution >= 0.6 is 0 Å².